The molecule has 1 heterocycles. The van der Waals surface area contributed by atoms with E-state index in [1.807, 2.05) is 13.1 Å². The fourth-order valence-electron chi connectivity index (χ4n) is 2.59. The van der Waals surface area contributed by atoms with E-state index in [9.17, 15) is 4.39 Å². The molecule has 1 unspecified atom stereocenters. The van der Waals surface area contributed by atoms with Crippen LogP contribution in [0, 0.1) is 5.82 Å². The SMILES string of the molecule is CCc1[nH]c2ccc(F)cc2c1C(C)CCNC. The van der Waals surface area contributed by atoms with Crippen LogP contribution in [-0.2, 0) is 6.42 Å². The van der Waals surface area contributed by atoms with Crippen molar-refractivity contribution < 1.29 is 4.39 Å². The summed E-state index contributed by atoms with van der Waals surface area (Å²) in [5.41, 5.74) is 3.56. The number of benzene rings is 1. The van der Waals surface area contributed by atoms with Crippen molar-refractivity contribution in [2.75, 3.05) is 13.6 Å². The number of fused-ring (bicyclic) bond motifs is 1. The van der Waals surface area contributed by atoms with Gasteiger partial charge in [0.05, 0.1) is 0 Å². The lowest BCUT2D eigenvalue weighted by atomic mass is 9.94. The van der Waals surface area contributed by atoms with Gasteiger partial charge >= 0.3 is 0 Å². The fraction of sp³-hybridized carbons (Fsp3) is 0.467. The number of H-pyrrole nitrogens is 1. The van der Waals surface area contributed by atoms with E-state index in [4.69, 9.17) is 0 Å². The van der Waals surface area contributed by atoms with Gasteiger partial charge in [0.25, 0.3) is 0 Å². The predicted molar refractivity (Wildman–Crippen MR) is 74.6 cm³/mol. The number of hydrogen-bond acceptors (Lipinski definition) is 1. The van der Waals surface area contributed by atoms with Crippen LogP contribution < -0.4 is 5.32 Å². The van der Waals surface area contributed by atoms with Crippen LogP contribution >= 0.6 is 0 Å². The third kappa shape index (κ3) is 2.41. The minimum Gasteiger partial charge on any atom is -0.358 e. The summed E-state index contributed by atoms with van der Waals surface area (Å²) < 4.78 is 13.4. The highest BCUT2D eigenvalue weighted by molar-refractivity contribution is 5.85. The fourth-order valence-corrected chi connectivity index (χ4v) is 2.59. The highest BCUT2D eigenvalue weighted by atomic mass is 19.1. The Morgan fingerprint density at radius 3 is 2.83 bits per heavy atom. The van der Waals surface area contributed by atoms with E-state index in [2.05, 4.69) is 24.1 Å². The smallest absolute Gasteiger partial charge is 0.123 e. The number of rotatable bonds is 5. The minimum absolute atomic E-state index is 0.161. The molecule has 0 aliphatic rings. The van der Waals surface area contributed by atoms with Crippen LogP contribution in [0.25, 0.3) is 10.9 Å². The Bertz CT molecular complexity index is 531. The van der Waals surface area contributed by atoms with Crippen molar-refractivity contribution in [3.05, 3.63) is 35.3 Å². The van der Waals surface area contributed by atoms with Crippen LogP contribution in [0.2, 0.25) is 0 Å². The van der Waals surface area contributed by atoms with Crippen LogP contribution in [-0.4, -0.2) is 18.6 Å². The quantitative estimate of drug-likeness (QED) is 0.831. The lowest BCUT2D eigenvalue weighted by Gasteiger charge is -2.12. The van der Waals surface area contributed by atoms with Gasteiger partial charge in [-0.3, -0.25) is 0 Å². The zero-order chi connectivity index (χ0) is 13.1. The van der Waals surface area contributed by atoms with Crippen LogP contribution in [0.4, 0.5) is 4.39 Å². The zero-order valence-corrected chi connectivity index (χ0v) is 11.3. The van der Waals surface area contributed by atoms with E-state index < -0.39 is 0 Å². The number of hydrogen-bond donors (Lipinski definition) is 2. The van der Waals surface area contributed by atoms with Gasteiger partial charge in [0.2, 0.25) is 0 Å². The molecule has 0 saturated heterocycles. The molecular formula is C15H21FN2. The Kier molecular flexibility index (Phi) is 4.02. The summed E-state index contributed by atoms with van der Waals surface area (Å²) in [6, 6.07) is 4.99. The minimum atomic E-state index is -0.161. The number of aromatic amines is 1. The van der Waals surface area contributed by atoms with E-state index in [0.29, 0.717) is 5.92 Å². The molecular weight excluding hydrogens is 227 g/mol. The maximum atomic E-state index is 13.4. The molecule has 0 amide bonds. The van der Waals surface area contributed by atoms with E-state index in [1.165, 1.54) is 17.3 Å². The molecule has 0 bridgehead atoms. The first-order valence-corrected chi connectivity index (χ1v) is 6.62. The first kappa shape index (κ1) is 13.1. The highest BCUT2D eigenvalue weighted by Crippen LogP contribution is 2.31. The zero-order valence-electron chi connectivity index (χ0n) is 11.3. The predicted octanol–water partition coefficient (Wildman–Crippen LogP) is 3.58. The monoisotopic (exact) mass is 248 g/mol. The van der Waals surface area contributed by atoms with Crippen LogP contribution in [0.1, 0.15) is 37.4 Å². The molecule has 0 spiro atoms. The molecule has 0 radical (unpaired) electrons. The first-order valence-electron chi connectivity index (χ1n) is 6.62. The third-order valence-electron chi connectivity index (χ3n) is 3.56. The van der Waals surface area contributed by atoms with Gasteiger partial charge in [0.1, 0.15) is 5.82 Å². The molecule has 18 heavy (non-hydrogen) atoms. The van der Waals surface area contributed by atoms with E-state index in [-0.39, 0.29) is 5.82 Å². The first-order chi connectivity index (χ1) is 8.67. The Morgan fingerprint density at radius 2 is 2.17 bits per heavy atom. The second-order valence-corrected chi connectivity index (χ2v) is 4.85. The topological polar surface area (TPSA) is 27.8 Å². The molecule has 0 saturated carbocycles. The standard InChI is InChI=1S/C15H21FN2/c1-4-13-15(10(2)7-8-17-3)12-9-11(16)5-6-14(12)18-13/h5-6,9-10,17-18H,4,7-8H2,1-3H3. The van der Waals surface area contributed by atoms with Gasteiger partial charge < -0.3 is 10.3 Å². The van der Waals surface area contributed by atoms with E-state index in [0.717, 1.165) is 30.3 Å². The molecule has 98 valence electrons. The van der Waals surface area contributed by atoms with Crippen molar-refractivity contribution in [2.45, 2.75) is 32.6 Å². The third-order valence-corrected chi connectivity index (χ3v) is 3.56. The van der Waals surface area contributed by atoms with Gasteiger partial charge in [-0.2, -0.15) is 0 Å². The normalized spacial score (nSPS) is 13.1. The summed E-state index contributed by atoms with van der Waals surface area (Å²) in [5, 5.41) is 4.21. The number of aryl methyl sites for hydroxylation is 1. The molecule has 3 heteroatoms. The van der Waals surface area contributed by atoms with Gasteiger partial charge in [-0.05, 0) is 56.1 Å². The number of nitrogens with one attached hydrogen (secondary N) is 2. The van der Waals surface area contributed by atoms with Gasteiger partial charge in [0, 0.05) is 16.6 Å². The molecule has 1 aromatic heterocycles. The lowest BCUT2D eigenvalue weighted by Crippen LogP contribution is -2.11. The van der Waals surface area contributed by atoms with Gasteiger partial charge in [-0.1, -0.05) is 13.8 Å². The number of aromatic nitrogens is 1. The summed E-state index contributed by atoms with van der Waals surface area (Å²) in [6.45, 7) is 5.33. The number of halogens is 1. The largest absolute Gasteiger partial charge is 0.358 e. The van der Waals surface area contributed by atoms with Crippen LogP contribution in [0.3, 0.4) is 0 Å². The second-order valence-electron chi connectivity index (χ2n) is 4.85. The molecule has 0 aliphatic heterocycles. The van der Waals surface area contributed by atoms with Gasteiger partial charge in [-0.15, -0.1) is 0 Å². The van der Waals surface area contributed by atoms with Gasteiger partial charge in [0.15, 0.2) is 0 Å². The molecule has 2 aromatic rings. The van der Waals surface area contributed by atoms with Crippen molar-refractivity contribution in [3.8, 4) is 0 Å². The van der Waals surface area contributed by atoms with Crippen molar-refractivity contribution in [1.82, 2.24) is 10.3 Å². The Labute approximate surface area is 108 Å². The van der Waals surface area contributed by atoms with Crippen LogP contribution in [0.15, 0.2) is 18.2 Å². The molecule has 1 aromatic carbocycles. The molecule has 2 nitrogen and oxygen atoms in total. The summed E-state index contributed by atoms with van der Waals surface area (Å²) in [7, 11) is 1.96. The molecule has 1 atom stereocenters. The Morgan fingerprint density at radius 1 is 1.39 bits per heavy atom. The molecule has 2 rings (SSSR count). The summed E-state index contributed by atoms with van der Waals surface area (Å²) in [4.78, 5) is 3.41. The summed E-state index contributed by atoms with van der Waals surface area (Å²) >= 11 is 0. The van der Waals surface area contributed by atoms with Crippen LogP contribution in [0.5, 0.6) is 0 Å². The summed E-state index contributed by atoms with van der Waals surface area (Å²) in [5.74, 6) is 0.272. The Balaban J connectivity index is 2.48. The average Bonchev–Trinajstić information content (AvgIpc) is 2.73. The van der Waals surface area contributed by atoms with E-state index in [1.54, 1.807) is 6.07 Å². The van der Waals surface area contributed by atoms with Crippen molar-refractivity contribution in [1.29, 1.82) is 0 Å². The van der Waals surface area contributed by atoms with E-state index >= 15 is 0 Å². The highest BCUT2D eigenvalue weighted by Gasteiger charge is 2.16. The average molecular weight is 248 g/mol. The second kappa shape index (κ2) is 5.53. The molecule has 2 N–H and O–H groups in total. The molecule has 0 fully saturated rings. The van der Waals surface area contributed by atoms with Crippen molar-refractivity contribution in [3.63, 3.8) is 0 Å². The Hall–Kier alpha value is -1.35. The summed E-state index contributed by atoms with van der Waals surface area (Å²) in [6.07, 6.45) is 2.02. The maximum Gasteiger partial charge on any atom is 0.123 e. The van der Waals surface area contributed by atoms with Crippen molar-refractivity contribution in [2.24, 2.45) is 0 Å². The lowest BCUT2D eigenvalue weighted by molar-refractivity contribution is 0.626. The molecule has 0 aliphatic carbocycles. The maximum absolute atomic E-state index is 13.4. The van der Waals surface area contributed by atoms with Crippen molar-refractivity contribution >= 4 is 10.9 Å². The van der Waals surface area contributed by atoms with Gasteiger partial charge in [-0.25, -0.2) is 4.39 Å².